The van der Waals surface area contributed by atoms with Crippen molar-refractivity contribution in [3.05, 3.63) is 124 Å². The fraction of sp³-hybridized carbons (Fsp3) is 0.257. The van der Waals surface area contributed by atoms with Gasteiger partial charge in [-0.3, -0.25) is 10.1 Å². The summed E-state index contributed by atoms with van der Waals surface area (Å²) in [6.45, 7) is 1.23. The van der Waals surface area contributed by atoms with Gasteiger partial charge in [-0.2, -0.15) is 0 Å². The van der Waals surface area contributed by atoms with Crippen LogP contribution in [0.1, 0.15) is 56.1 Å². The molecule has 0 spiro atoms. The summed E-state index contributed by atoms with van der Waals surface area (Å²) in [6, 6.07) is 24.9. The van der Waals surface area contributed by atoms with Crippen molar-refractivity contribution in [3.63, 3.8) is 0 Å². The van der Waals surface area contributed by atoms with Gasteiger partial charge in [0.05, 0.1) is 18.1 Å². The van der Waals surface area contributed by atoms with Crippen LogP contribution in [0.4, 0.5) is 14.5 Å². The van der Waals surface area contributed by atoms with E-state index in [0.717, 1.165) is 61.8 Å². The van der Waals surface area contributed by atoms with Crippen LogP contribution < -0.4 is 9.47 Å². The van der Waals surface area contributed by atoms with E-state index in [2.05, 4.69) is 0 Å². The van der Waals surface area contributed by atoms with Gasteiger partial charge >= 0.3 is 0 Å². The van der Waals surface area contributed by atoms with Crippen molar-refractivity contribution >= 4 is 17.8 Å². The molecule has 4 aromatic rings. The van der Waals surface area contributed by atoms with Crippen molar-refractivity contribution < 1.29 is 23.2 Å². The van der Waals surface area contributed by atoms with Crippen LogP contribution in [0.5, 0.6) is 11.5 Å². The molecular weight excluding hydrogens is 536 g/mol. The van der Waals surface area contributed by atoms with Gasteiger partial charge in [0.2, 0.25) is 0 Å². The third kappa shape index (κ3) is 9.84. The molecule has 42 heavy (non-hydrogen) atoms. The lowest BCUT2D eigenvalue weighted by Crippen LogP contribution is -1.98. The van der Waals surface area contributed by atoms with Gasteiger partial charge in [0.25, 0.3) is 5.69 Å². The lowest BCUT2D eigenvalue weighted by Gasteiger charge is -2.09. The van der Waals surface area contributed by atoms with E-state index >= 15 is 0 Å². The predicted molar refractivity (Wildman–Crippen MR) is 164 cm³/mol. The molecule has 0 unspecified atom stereocenters. The molecule has 0 fully saturated rings. The van der Waals surface area contributed by atoms with E-state index in [1.165, 1.54) is 30.3 Å². The molecule has 0 bridgehead atoms. The van der Waals surface area contributed by atoms with E-state index in [1.54, 1.807) is 36.4 Å². The summed E-state index contributed by atoms with van der Waals surface area (Å²) in [5.74, 6) is 0.620. The van der Waals surface area contributed by atoms with Crippen molar-refractivity contribution in [2.75, 3.05) is 13.2 Å². The first kappa shape index (κ1) is 30.4. The second kappa shape index (κ2) is 16.1. The first-order chi connectivity index (χ1) is 20.5. The summed E-state index contributed by atoms with van der Waals surface area (Å²) in [5, 5.41) is 10.8. The van der Waals surface area contributed by atoms with Crippen LogP contribution in [0.2, 0.25) is 0 Å². The van der Waals surface area contributed by atoms with Crippen LogP contribution in [-0.4, -0.2) is 18.1 Å². The minimum Gasteiger partial charge on any atom is -0.494 e. The molecule has 0 atom stereocenters. The molecule has 4 aromatic carbocycles. The minimum absolute atomic E-state index is 0.0824. The second-order valence-electron chi connectivity index (χ2n) is 10.1. The number of nitrogens with zero attached hydrogens (tertiary/aromatic N) is 1. The number of ether oxygens (including phenoxy) is 2. The van der Waals surface area contributed by atoms with E-state index in [0.29, 0.717) is 30.1 Å². The molecule has 0 radical (unpaired) electrons. The van der Waals surface area contributed by atoms with Crippen LogP contribution in [0.3, 0.4) is 0 Å². The summed E-state index contributed by atoms with van der Waals surface area (Å²) in [4.78, 5) is 10.3. The van der Waals surface area contributed by atoms with Gasteiger partial charge in [-0.05, 0) is 78.1 Å². The van der Waals surface area contributed by atoms with Crippen molar-refractivity contribution in [3.8, 4) is 22.6 Å². The Balaban J connectivity index is 1.02. The van der Waals surface area contributed by atoms with Gasteiger partial charge in [-0.15, -0.1) is 0 Å². The Hall–Kier alpha value is -4.52. The molecule has 0 aromatic heterocycles. The maximum absolute atomic E-state index is 14.5. The van der Waals surface area contributed by atoms with Gasteiger partial charge in [-0.25, -0.2) is 8.78 Å². The Morgan fingerprint density at radius 2 is 1.12 bits per heavy atom. The Morgan fingerprint density at radius 1 is 0.619 bits per heavy atom. The Bertz CT molecular complexity index is 1440. The molecule has 0 saturated carbocycles. The highest BCUT2D eigenvalue weighted by molar-refractivity contribution is 5.70. The number of rotatable bonds is 16. The number of nitro benzene ring substituents is 1. The standard InChI is InChI=1S/C35H35F2NO4/c36-30-16-14-29(15-17-30)34-23-22-33(26-35(34)37)42-25-7-5-3-1-2-4-6-24-41-32-20-12-28(13-21-32)9-8-27-10-18-31(19-11-27)38(39)40/h8-23,26H,1-7,24-25H2/b9-8+. The van der Waals surface area contributed by atoms with Crippen LogP contribution >= 0.6 is 0 Å². The van der Waals surface area contributed by atoms with Crippen molar-refractivity contribution in [2.24, 2.45) is 0 Å². The van der Waals surface area contributed by atoms with Crippen LogP contribution in [-0.2, 0) is 0 Å². The Morgan fingerprint density at radius 3 is 1.67 bits per heavy atom. The zero-order valence-electron chi connectivity index (χ0n) is 23.5. The number of unbranched alkanes of at least 4 members (excludes halogenated alkanes) is 6. The summed E-state index contributed by atoms with van der Waals surface area (Å²) in [5.41, 5.74) is 3.07. The highest BCUT2D eigenvalue weighted by Gasteiger charge is 2.07. The third-order valence-corrected chi connectivity index (χ3v) is 6.87. The Labute approximate surface area is 245 Å². The van der Waals surface area contributed by atoms with Crippen molar-refractivity contribution in [1.82, 2.24) is 0 Å². The van der Waals surface area contributed by atoms with Crippen LogP contribution in [0, 0.1) is 21.7 Å². The molecule has 218 valence electrons. The molecule has 0 aliphatic rings. The number of non-ortho nitro benzene ring substituents is 1. The Kier molecular flexibility index (Phi) is 11.6. The monoisotopic (exact) mass is 571 g/mol. The molecule has 0 saturated heterocycles. The maximum Gasteiger partial charge on any atom is 0.269 e. The molecule has 0 aliphatic carbocycles. The van der Waals surface area contributed by atoms with E-state index in [-0.39, 0.29) is 17.3 Å². The lowest BCUT2D eigenvalue weighted by atomic mass is 10.1. The highest BCUT2D eigenvalue weighted by Crippen LogP contribution is 2.27. The summed E-state index contributed by atoms with van der Waals surface area (Å²) in [7, 11) is 0. The SMILES string of the molecule is O=[N+]([O-])c1ccc(/C=C/c2ccc(OCCCCCCCCCOc3ccc(-c4ccc(F)cc4)c(F)c3)cc2)cc1. The zero-order valence-corrected chi connectivity index (χ0v) is 23.5. The average Bonchev–Trinajstić information content (AvgIpc) is 3.00. The van der Waals surface area contributed by atoms with Gasteiger partial charge in [-0.1, -0.05) is 68.5 Å². The zero-order chi connectivity index (χ0) is 29.6. The van der Waals surface area contributed by atoms with Crippen LogP contribution in [0.15, 0.2) is 91.0 Å². The molecule has 5 nitrogen and oxygen atoms in total. The molecule has 0 N–H and O–H groups in total. The number of hydrogen-bond acceptors (Lipinski definition) is 4. The number of hydrogen-bond donors (Lipinski definition) is 0. The van der Waals surface area contributed by atoms with Gasteiger partial charge in [0.15, 0.2) is 0 Å². The molecule has 4 rings (SSSR count). The molecule has 0 amide bonds. The van der Waals surface area contributed by atoms with Crippen molar-refractivity contribution in [2.45, 2.75) is 44.9 Å². The quantitative estimate of drug-likeness (QED) is 0.0581. The highest BCUT2D eigenvalue weighted by atomic mass is 19.1. The summed E-state index contributed by atoms with van der Waals surface area (Å²) < 4.78 is 39.1. The lowest BCUT2D eigenvalue weighted by molar-refractivity contribution is -0.384. The third-order valence-electron chi connectivity index (χ3n) is 6.87. The van der Waals surface area contributed by atoms with E-state index < -0.39 is 4.92 Å². The second-order valence-corrected chi connectivity index (χ2v) is 10.1. The first-order valence-electron chi connectivity index (χ1n) is 14.3. The molecule has 0 heterocycles. The maximum atomic E-state index is 14.5. The normalized spacial score (nSPS) is 11.1. The predicted octanol–water partition coefficient (Wildman–Crippen LogP) is 9.90. The van der Waals surface area contributed by atoms with Crippen LogP contribution in [0.25, 0.3) is 23.3 Å². The number of nitro groups is 1. The fourth-order valence-corrected chi connectivity index (χ4v) is 4.49. The first-order valence-corrected chi connectivity index (χ1v) is 14.3. The largest absolute Gasteiger partial charge is 0.494 e. The van der Waals surface area contributed by atoms with Crippen molar-refractivity contribution in [1.29, 1.82) is 0 Å². The number of benzene rings is 4. The average molecular weight is 572 g/mol. The van der Waals surface area contributed by atoms with E-state index in [4.69, 9.17) is 9.47 Å². The molecule has 7 heteroatoms. The summed E-state index contributed by atoms with van der Waals surface area (Å²) >= 11 is 0. The smallest absolute Gasteiger partial charge is 0.269 e. The molecule has 0 aliphatic heterocycles. The van der Waals surface area contributed by atoms with Gasteiger partial charge in [0, 0.05) is 23.8 Å². The number of halogens is 2. The fourth-order valence-electron chi connectivity index (χ4n) is 4.49. The summed E-state index contributed by atoms with van der Waals surface area (Å²) in [6.07, 6.45) is 11.5. The topological polar surface area (TPSA) is 61.6 Å². The molecular formula is C35H35F2NO4. The van der Waals surface area contributed by atoms with Gasteiger partial charge < -0.3 is 9.47 Å². The van der Waals surface area contributed by atoms with Gasteiger partial charge in [0.1, 0.15) is 23.1 Å². The minimum atomic E-state index is -0.405. The van der Waals surface area contributed by atoms with E-state index in [1.807, 2.05) is 36.4 Å². The van der Waals surface area contributed by atoms with E-state index in [9.17, 15) is 18.9 Å².